The first kappa shape index (κ1) is 37.4. The lowest BCUT2D eigenvalue weighted by Gasteiger charge is -2.46. The lowest BCUT2D eigenvalue weighted by molar-refractivity contribution is -0.200. The van der Waals surface area contributed by atoms with Crippen LogP contribution in [0, 0.1) is 5.92 Å². The van der Waals surface area contributed by atoms with Gasteiger partial charge in [-0.05, 0) is 66.2 Å². The minimum absolute atomic E-state index is 0.0780. The smallest absolute Gasteiger partial charge is 0.410 e. The molecule has 50 heavy (non-hydrogen) atoms. The molecule has 0 radical (unpaired) electrons. The quantitative estimate of drug-likeness (QED) is 0.0696. The van der Waals surface area contributed by atoms with Gasteiger partial charge in [0, 0.05) is 41.2 Å². The van der Waals surface area contributed by atoms with E-state index in [1.54, 1.807) is 4.90 Å². The Morgan fingerprint density at radius 1 is 0.760 bits per heavy atom. The Kier molecular flexibility index (Phi) is 13.7. The largest absolute Gasteiger partial charge is 0.458 e. The van der Waals surface area contributed by atoms with E-state index < -0.39 is 60.6 Å². The van der Waals surface area contributed by atoms with Crippen LogP contribution in [-0.4, -0.2) is 71.5 Å². The number of esters is 2. The van der Waals surface area contributed by atoms with Crippen molar-refractivity contribution in [3.05, 3.63) is 103 Å². The SMILES string of the molecule is CC(=O)O[C@@H]1[C@@H](OC(C)=O)[C@H](N=[N+]=[N-])C[C@H](N=[N+]=[N-])[C@H]1O[C@H]1C[C@H]([C@@H](C)N(Cc2ccccc2)C(=O)OCc2ccccc2)CCC1N=[N+]=[N-]. The highest BCUT2D eigenvalue weighted by Crippen LogP contribution is 2.38. The summed E-state index contributed by atoms with van der Waals surface area (Å²) >= 11 is 0. The second kappa shape index (κ2) is 18.3. The number of hydrogen-bond acceptors (Lipinski definition) is 10. The predicted molar refractivity (Wildman–Crippen MR) is 179 cm³/mol. The fraction of sp³-hybridized carbons (Fsp3) is 0.545. The van der Waals surface area contributed by atoms with Crippen LogP contribution in [0.1, 0.15) is 57.6 Å². The molecular formula is C33H40N10O7. The van der Waals surface area contributed by atoms with Gasteiger partial charge in [0.1, 0.15) is 18.8 Å². The molecule has 4 rings (SSSR count). The Bertz CT molecular complexity index is 1610. The summed E-state index contributed by atoms with van der Waals surface area (Å²) in [7, 11) is 0. The van der Waals surface area contributed by atoms with E-state index in [1.807, 2.05) is 67.6 Å². The summed E-state index contributed by atoms with van der Waals surface area (Å²) in [5.74, 6) is -1.64. The molecule has 2 fully saturated rings. The number of azide groups is 3. The minimum Gasteiger partial charge on any atom is -0.458 e. The third kappa shape index (κ3) is 10.0. The standard InChI is InChI=1S/C33H40N10O7/c1-20(43(18-23-10-6-4-7-11-23)33(46)47-19-24-12-8-5-9-13-24)25-14-15-26(37-40-34)29(16-25)50-31-28(39-42-36)17-27(38-41-35)30(48-21(2)44)32(31)49-22(3)45/h4-13,20,25-32H,14-19H2,1-3H3/t20-,25-,26?,27-,28+,29+,30+,31-,32-/m1/s1. The maximum Gasteiger partial charge on any atom is 0.410 e. The number of ether oxygens (including phenoxy) is 4. The molecule has 0 aromatic heterocycles. The molecule has 0 aliphatic heterocycles. The van der Waals surface area contributed by atoms with Gasteiger partial charge in [-0.25, -0.2) is 4.79 Å². The van der Waals surface area contributed by atoms with Crippen LogP contribution in [0.3, 0.4) is 0 Å². The first-order valence-electron chi connectivity index (χ1n) is 16.3. The second-order valence-electron chi connectivity index (χ2n) is 12.3. The van der Waals surface area contributed by atoms with Crippen molar-refractivity contribution in [2.75, 3.05) is 0 Å². The molecule has 9 atom stereocenters. The topological polar surface area (TPSA) is 238 Å². The van der Waals surface area contributed by atoms with E-state index in [1.165, 1.54) is 0 Å². The zero-order valence-corrected chi connectivity index (χ0v) is 28.0. The summed E-state index contributed by atoms with van der Waals surface area (Å²) in [6.07, 6.45) is -3.85. The number of amides is 1. The molecule has 0 bridgehead atoms. The summed E-state index contributed by atoms with van der Waals surface area (Å²) in [5, 5.41) is 11.6. The van der Waals surface area contributed by atoms with E-state index in [4.69, 9.17) is 18.9 Å². The number of nitrogens with zero attached hydrogens (tertiary/aromatic N) is 10. The fourth-order valence-corrected chi connectivity index (χ4v) is 6.67. The molecule has 2 aromatic rings. The summed E-state index contributed by atoms with van der Waals surface area (Å²) in [6.45, 7) is 4.60. The van der Waals surface area contributed by atoms with Crippen LogP contribution >= 0.6 is 0 Å². The van der Waals surface area contributed by atoms with Crippen molar-refractivity contribution < 1.29 is 33.3 Å². The van der Waals surface area contributed by atoms with Crippen LogP contribution in [0.15, 0.2) is 76.0 Å². The van der Waals surface area contributed by atoms with Crippen LogP contribution in [0.2, 0.25) is 0 Å². The Labute approximate surface area is 288 Å². The Morgan fingerprint density at radius 2 is 1.30 bits per heavy atom. The maximum atomic E-state index is 13.7. The predicted octanol–water partition coefficient (Wildman–Crippen LogP) is 7.07. The van der Waals surface area contributed by atoms with Gasteiger partial charge in [0.15, 0.2) is 6.10 Å². The molecule has 1 unspecified atom stereocenters. The highest BCUT2D eigenvalue weighted by atomic mass is 16.6. The van der Waals surface area contributed by atoms with E-state index in [2.05, 4.69) is 30.1 Å². The number of carbonyl (C=O) groups excluding carboxylic acids is 3. The number of rotatable bonds is 13. The van der Waals surface area contributed by atoms with Gasteiger partial charge < -0.3 is 23.8 Å². The second-order valence-corrected chi connectivity index (χ2v) is 12.3. The number of benzene rings is 2. The Balaban J connectivity index is 1.64. The van der Waals surface area contributed by atoms with E-state index in [0.29, 0.717) is 19.3 Å². The Hall–Kier alpha value is -5.46. The van der Waals surface area contributed by atoms with Crippen molar-refractivity contribution in [3.8, 4) is 0 Å². The van der Waals surface area contributed by atoms with Crippen LogP contribution in [-0.2, 0) is 41.7 Å². The van der Waals surface area contributed by atoms with Crippen LogP contribution < -0.4 is 0 Å². The molecule has 17 nitrogen and oxygen atoms in total. The first-order valence-corrected chi connectivity index (χ1v) is 16.3. The third-order valence-electron chi connectivity index (χ3n) is 9.03. The zero-order valence-electron chi connectivity index (χ0n) is 28.0. The van der Waals surface area contributed by atoms with E-state index in [0.717, 1.165) is 25.0 Å². The zero-order chi connectivity index (χ0) is 36.0. The van der Waals surface area contributed by atoms with Crippen molar-refractivity contribution in [2.45, 2.75) is 108 Å². The minimum atomic E-state index is -1.33. The molecule has 2 saturated carbocycles. The molecule has 2 aliphatic rings. The molecule has 2 aliphatic carbocycles. The summed E-state index contributed by atoms with van der Waals surface area (Å²) in [4.78, 5) is 48.6. The first-order chi connectivity index (χ1) is 24.1. The lowest BCUT2D eigenvalue weighted by Crippen LogP contribution is -2.60. The van der Waals surface area contributed by atoms with E-state index in [9.17, 15) is 31.0 Å². The molecule has 0 saturated heterocycles. The van der Waals surface area contributed by atoms with Crippen LogP contribution in [0.4, 0.5) is 4.79 Å². The van der Waals surface area contributed by atoms with Gasteiger partial charge in [0.2, 0.25) is 0 Å². The molecule has 264 valence electrons. The van der Waals surface area contributed by atoms with Crippen LogP contribution in [0.5, 0.6) is 0 Å². The fourth-order valence-electron chi connectivity index (χ4n) is 6.67. The molecule has 2 aromatic carbocycles. The van der Waals surface area contributed by atoms with E-state index >= 15 is 0 Å². The Morgan fingerprint density at radius 3 is 1.88 bits per heavy atom. The lowest BCUT2D eigenvalue weighted by atomic mass is 9.79. The van der Waals surface area contributed by atoms with Gasteiger partial charge in [0.05, 0.1) is 24.2 Å². The molecule has 0 spiro atoms. The van der Waals surface area contributed by atoms with Crippen molar-refractivity contribution in [1.82, 2.24) is 4.90 Å². The number of carbonyl (C=O) groups is 3. The van der Waals surface area contributed by atoms with Crippen molar-refractivity contribution in [2.24, 2.45) is 21.3 Å². The normalized spacial score (nSPS) is 26.4. The van der Waals surface area contributed by atoms with Gasteiger partial charge in [0.25, 0.3) is 0 Å². The summed E-state index contributed by atoms with van der Waals surface area (Å²) in [6, 6.07) is 15.8. The van der Waals surface area contributed by atoms with Gasteiger partial charge in [-0.3, -0.25) is 9.59 Å². The maximum absolute atomic E-state index is 13.7. The average molecular weight is 689 g/mol. The van der Waals surface area contributed by atoms with Crippen molar-refractivity contribution in [3.63, 3.8) is 0 Å². The van der Waals surface area contributed by atoms with Gasteiger partial charge in [-0.1, -0.05) is 76.0 Å². The van der Waals surface area contributed by atoms with Gasteiger partial charge in [-0.2, -0.15) is 0 Å². The number of hydrogen-bond donors (Lipinski definition) is 0. The monoisotopic (exact) mass is 688 g/mol. The highest BCUT2D eigenvalue weighted by molar-refractivity contribution is 5.68. The van der Waals surface area contributed by atoms with Gasteiger partial charge >= 0.3 is 18.0 Å². The highest BCUT2D eigenvalue weighted by Gasteiger charge is 2.51. The van der Waals surface area contributed by atoms with Crippen molar-refractivity contribution >= 4 is 18.0 Å². The molecule has 0 heterocycles. The van der Waals surface area contributed by atoms with Gasteiger partial charge in [-0.15, -0.1) is 0 Å². The summed E-state index contributed by atoms with van der Waals surface area (Å²) in [5.41, 5.74) is 29.8. The molecule has 17 heteroatoms. The molecular weight excluding hydrogens is 648 g/mol. The third-order valence-corrected chi connectivity index (χ3v) is 9.03. The molecule has 1 amide bonds. The summed E-state index contributed by atoms with van der Waals surface area (Å²) < 4.78 is 23.4. The van der Waals surface area contributed by atoms with E-state index in [-0.39, 0.29) is 31.5 Å². The average Bonchev–Trinajstić information content (AvgIpc) is 3.10. The van der Waals surface area contributed by atoms with Crippen LogP contribution in [0.25, 0.3) is 31.3 Å². The molecule has 0 N–H and O–H groups in total. The van der Waals surface area contributed by atoms with Crippen molar-refractivity contribution in [1.29, 1.82) is 0 Å².